The molecule has 3 rings (SSSR count). The van der Waals surface area contributed by atoms with Crippen LogP contribution < -0.4 is 0 Å². The van der Waals surface area contributed by atoms with Crippen molar-refractivity contribution in [2.45, 2.75) is 6.54 Å². The van der Waals surface area contributed by atoms with Crippen LogP contribution in [-0.4, -0.2) is 67.3 Å². The van der Waals surface area contributed by atoms with Crippen LogP contribution in [0.3, 0.4) is 0 Å². The molecule has 0 unspecified atom stereocenters. The van der Waals surface area contributed by atoms with Crippen molar-refractivity contribution in [1.29, 1.82) is 0 Å². The SMILES string of the molecule is COCCN1C[C@@H]2CN(Cc3cccc(F)c3)C[C@]2(C(=O)O)C1. The molecular formula is C17H23FN2O3. The molecule has 0 amide bonds. The van der Waals surface area contributed by atoms with Gasteiger partial charge < -0.3 is 9.84 Å². The Kier molecular flexibility index (Phi) is 4.66. The number of nitrogens with zero attached hydrogens (tertiary/aromatic N) is 2. The lowest BCUT2D eigenvalue weighted by atomic mass is 9.81. The molecule has 1 N–H and O–H groups in total. The van der Waals surface area contributed by atoms with Gasteiger partial charge in [-0.25, -0.2) is 4.39 Å². The van der Waals surface area contributed by atoms with Crippen LogP contribution in [0.1, 0.15) is 5.56 Å². The number of methoxy groups -OCH3 is 1. The molecule has 0 saturated carbocycles. The Morgan fingerprint density at radius 1 is 1.39 bits per heavy atom. The van der Waals surface area contributed by atoms with Crippen LogP contribution >= 0.6 is 0 Å². The number of ether oxygens (including phenoxy) is 1. The van der Waals surface area contributed by atoms with E-state index in [9.17, 15) is 14.3 Å². The fourth-order valence-corrected chi connectivity index (χ4v) is 3.98. The average molecular weight is 322 g/mol. The van der Waals surface area contributed by atoms with Gasteiger partial charge in [0.05, 0.1) is 12.0 Å². The Bertz CT molecular complexity index is 583. The number of benzene rings is 1. The quantitative estimate of drug-likeness (QED) is 0.855. The number of carboxylic acid groups (broad SMARTS) is 1. The van der Waals surface area contributed by atoms with Crippen LogP contribution in [0.5, 0.6) is 0 Å². The average Bonchev–Trinajstić information content (AvgIpc) is 2.99. The lowest BCUT2D eigenvalue weighted by Gasteiger charge is -2.25. The molecule has 6 heteroatoms. The van der Waals surface area contributed by atoms with Crippen LogP contribution in [0.15, 0.2) is 24.3 Å². The number of aliphatic carboxylic acids is 1. The van der Waals surface area contributed by atoms with Gasteiger partial charge in [-0.15, -0.1) is 0 Å². The molecule has 0 bridgehead atoms. The molecule has 0 aliphatic carbocycles. The molecule has 0 spiro atoms. The van der Waals surface area contributed by atoms with Crippen LogP contribution in [-0.2, 0) is 16.1 Å². The van der Waals surface area contributed by atoms with Crippen molar-refractivity contribution < 1.29 is 19.0 Å². The van der Waals surface area contributed by atoms with E-state index in [1.165, 1.54) is 12.1 Å². The van der Waals surface area contributed by atoms with Gasteiger partial charge >= 0.3 is 5.97 Å². The first kappa shape index (κ1) is 16.4. The summed E-state index contributed by atoms with van der Waals surface area (Å²) in [5, 5.41) is 9.80. The topological polar surface area (TPSA) is 53.0 Å². The van der Waals surface area contributed by atoms with Gasteiger partial charge in [-0.05, 0) is 17.7 Å². The highest BCUT2D eigenvalue weighted by molar-refractivity contribution is 5.77. The minimum Gasteiger partial charge on any atom is -0.481 e. The van der Waals surface area contributed by atoms with Gasteiger partial charge in [0.25, 0.3) is 0 Å². The summed E-state index contributed by atoms with van der Waals surface area (Å²) >= 11 is 0. The van der Waals surface area contributed by atoms with Gasteiger partial charge in [0.15, 0.2) is 0 Å². The molecule has 2 saturated heterocycles. The van der Waals surface area contributed by atoms with Crippen LogP contribution in [0.2, 0.25) is 0 Å². The second-order valence-corrected chi connectivity index (χ2v) is 6.69. The van der Waals surface area contributed by atoms with Crippen LogP contribution in [0.25, 0.3) is 0 Å². The maximum Gasteiger partial charge on any atom is 0.312 e. The third-order valence-electron chi connectivity index (χ3n) is 5.08. The largest absolute Gasteiger partial charge is 0.481 e. The third-order valence-corrected chi connectivity index (χ3v) is 5.08. The van der Waals surface area contributed by atoms with Crippen LogP contribution in [0.4, 0.5) is 4.39 Å². The lowest BCUT2D eigenvalue weighted by molar-refractivity contribution is -0.149. The summed E-state index contributed by atoms with van der Waals surface area (Å²) in [6.07, 6.45) is 0. The van der Waals surface area contributed by atoms with Crippen molar-refractivity contribution in [2.24, 2.45) is 11.3 Å². The van der Waals surface area contributed by atoms with Gasteiger partial charge in [-0.2, -0.15) is 0 Å². The zero-order valence-corrected chi connectivity index (χ0v) is 13.4. The Morgan fingerprint density at radius 3 is 2.78 bits per heavy atom. The molecule has 2 fully saturated rings. The minimum absolute atomic E-state index is 0.116. The molecule has 2 heterocycles. The van der Waals surface area contributed by atoms with E-state index < -0.39 is 11.4 Å². The molecule has 1 aromatic carbocycles. The highest BCUT2D eigenvalue weighted by Gasteiger charge is 2.57. The van der Waals surface area contributed by atoms with E-state index in [1.54, 1.807) is 13.2 Å². The molecule has 126 valence electrons. The number of carboxylic acids is 1. The molecule has 2 atom stereocenters. The van der Waals surface area contributed by atoms with Crippen LogP contribution in [0, 0.1) is 17.2 Å². The summed E-state index contributed by atoms with van der Waals surface area (Å²) in [4.78, 5) is 16.3. The summed E-state index contributed by atoms with van der Waals surface area (Å²) in [7, 11) is 1.66. The molecule has 0 aromatic heterocycles. The minimum atomic E-state index is -0.718. The predicted octanol–water partition coefficient (Wildman–Crippen LogP) is 1.29. The normalized spacial score (nSPS) is 28.2. The van der Waals surface area contributed by atoms with E-state index in [0.717, 1.165) is 25.2 Å². The Hall–Kier alpha value is -1.50. The molecule has 1 aromatic rings. The molecule has 2 aliphatic heterocycles. The summed E-state index contributed by atoms with van der Waals surface area (Å²) in [6.45, 7) is 4.60. The van der Waals surface area contributed by atoms with E-state index in [0.29, 0.717) is 26.2 Å². The Morgan fingerprint density at radius 2 is 2.13 bits per heavy atom. The van der Waals surface area contributed by atoms with E-state index in [1.807, 2.05) is 6.07 Å². The van der Waals surface area contributed by atoms with Crippen molar-refractivity contribution in [2.75, 3.05) is 46.4 Å². The molecule has 2 aliphatic rings. The first-order valence-electron chi connectivity index (χ1n) is 7.95. The number of fused-ring (bicyclic) bond motifs is 1. The highest BCUT2D eigenvalue weighted by Crippen LogP contribution is 2.43. The summed E-state index contributed by atoms with van der Waals surface area (Å²) in [6, 6.07) is 6.53. The van der Waals surface area contributed by atoms with Crippen molar-refractivity contribution in [1.82, 2.24) is 9.80 Å². The van der Waals surface area contributed by atoms with Crippen molar-refractivity contribution in [3.05, 3.63) is 35.6 Å². The van der Waals surface area contributed by atoms with Gasteiger partial charge in [0.1, 0.15) is 5.82 Å². The number of hydrogen-bond acceptors (Lipinski definition) is 4. The van der Waals surface area contributed by atoms with Crippen molar-refractivity contribution in [3.63, 3.8) is 0 Å². The van der Waals surface area contributed by atoms with Crippen molar-refractivity contribution in [3.8, 4) is 0 Å². The third kappa shape index (κ3) is 3.24. The first-order valence-corrected chi connectivity index (χ1v) is 7.95. The number of hydrogen-bond donors (Lipinski definition) is 1. The van der Waals surface area contributed by atoms with E-state index in [4.69, 9.17) is 4.74 Å². The van der Waals surface area contributed by atoms with Gasteiger partial charge in [-0.1, -0.05) is 12.1 Å². The number of rotatable bonds is 6. The number of halogens is 1. The maximum absolute atomic E-state index is 13.3. The molecule has 23 heavy (non-hydrogen) atoms. The fraction of sp³-hybridized carbons (Fsp3) is 0.588. The maximum atomic E-state index is 13.3. The van der Waals surface area contributed by atoms with Gasteiger partial charge in [-0.3, -0.25) is 14.6 Å². The lowest BCUT2D eigenvalue weighted by Crippen LogP contribution is -2.41. The Labute approximate surface area is 135 Å². The number of likely N-dealkylation sites (tertiary alicyclic amines) is 2. The zero-order valence-electron chi connectivity index (χ0n) is 13.4. The zero-order chi connectivity index (χ0) is 16.4. The Balaban J connectivity index is 1.68. The molecular weight excluding hydrogens is 299 g/mol. The summed E-state index contributed by atoms with van der Waals surface area (Å²) in [5.41, 5.74) is 0.183. The van der Waals surface area contributed by atoms with Gasteiger partial charge in [0, 0.05) is 52.3 Å². The van der Waals surface area contributed by atoms with E-state index in [-0.39, 0.29) is 11.7 Å². The summed E-state index contributed by atoms with van der Waals surface area (Å²) < 4.78 is 18.4. The van der Waals surface area contributed by atoms with Crippen molar-refractivity contribution >= 4 is 5.97 Å². The predicted molar refractivity (Wildman–Crippen MR) is 83.6 cm³/mol. The van der Waals surface area contributed by atoms with E-state index in [2.05, 4.69) is 9.80 Å². The molecule has 5 nitrogen and oxygen atoms in total. The van der Waals surface area contributed by atoms with E-state index >= 15 is 0 Å². The number of carbonyl (C=O) groups is 1. The van der Waals surface area contributed by atoms with Gasteiger partial charge in [0.2, 0.25) is 0 Å². The molecule has 0 radical (unpaired) electrons. The smallest absolute Gasteiger partial charge is 0.312 e. The fourth-order valence-electron chi connectivity index (χ4n) is 3.98. The standard InChI is InChI=1S/C17H23FN2O3/c1-23-6-5-19-9-14-10-20(12-17(14,11-19)16(21)22)8-13-3-2-4-15(18)7-13/h2-4,7,14H,5-6,8-12H2,1H3,(H,21,22)/t14-,17-/m1/s1. The first-order chi connectivity index (χ1) is 11.0. The second-order valence-electron chi connectivity index (χ2n) is 6.69. The highest BCUT2D eigenvalue weighted by atomic mass is 19.1. The monoisotopic (exact) mass is 322 g/mol. The summed E-state index contributed by atoms with van der Waals surface area (Å²) in [5.74, 6) is -0.852. The second kappa shape index (κ2) is 6.55.